The summed E-state index contributed by atoms with van der Waals surface area (Å²) in [5, 5.41) is 4.08. The maximum Gasteiger partial charge on any atom is 0.223 e. The van der Waals surface area contributed by atoms with E-state index in [1.807, 2.05) is 24.3 Å². The van der Waals surface area contributed by atoms with Crippen molar-refractivity contribution in [2.45, 2.75) is 39.3 Å². The third kappa shape index (κ3) is 4.67. The van der Waals surface area contributed by atoms with Crippen molar-refractivity contribution in [2.24, 2.45) is 5.92 Å². The smallest absolute Gasteiger partial charge is 0.223 e. The van der Waals surface area contributed by atoms with Crippen LogP contribution < -0.4 is 10.2 Å². The summed E-state index contributed by atoms with van der Waals surface area (Å²) < 4.78 is 0. The van der Waals surface area contributed by atoms with Gasteiger partial charge in [0.15, 0.2) is 5.82 Å². The lowest BCUT2D eigenvalue weighted by Crippen LogP contribution is -2.31. The lowest BCUT2D eigenvalue weighted by molar-refractivity contribution is -0.125. The van der Waals surface area contributed by atoms with Crippen LogP contribution in [-0.2, 0) is 17.9 Å². The van der Waals surface area contributed by atoms with Crippen LogP contribution in [0.5, 0.6) is 0 Å². The van der Waals surface area contributed by atoms with Gasteiger partial charge < -0.3 is 10.2 Å². The molecule has 0 bridgehead atoms. The van der Waals surface area contributed by atoms with E-state index < -0.39 is 0 Å². The lowest BCUT2D eigenvalue weighted by Gasteiger charge is -2.24. The van der Waals surface area contributed by atoms with Crippen LogP contribution in [0.15, 0.2) is 66.7 Å². The van der Waals surface area contributed by atoms with E-state index in [0.29, 0.717) is 12.4 Å². The highest BCUT2D eigenvalue weighted by Crippen LogP contribution is 2.25. The van der Waals surface area contributed by atoms with E-state index in [-0.39, 0.29) is 11.8 Å². The molecule has 1 aromatic heterocycles. The molecule has 0 saturated carbocycles. The summed E-state index contributed by atoms with van der Waals surface area (Å²) in [5.41, 5.74) is 2.14. The number of nitrogens with one attached hydrogen (secondary N) is 1. The fraction of sp³-hybridized carbons (Fsp3) is 0.320. The average Bonchev–Trinajstić information content (AvgIpc) is 2.81. The van der Waals surface area contributed by atoms with Crippen LogP contribution in [0.3, 0.4) is 0 Å². The quantitative estimate of drug-likeness (QED) is 0.588. The first kappa shape index (κ1) is 20.1. The number of para-hydroxylation sites is 1. The van der Waals surface area contributed by atoms with Gasteiger partial charge in [-0.3, -0.25) is 4.79 Å². The molecule has 1 atom stereocenters. The topological polar surface area (TPSA) is 58.1 Å². The van der Waals surface area contributed by atoms with E-state index in [0.717, 1.165) is 49.1 Å². The second-order valence-corrected chi connectivity index (χ2v) is 7.68. The number of rotatable bonds is 7. The number of hydrogen-bond donors (Lipinski definition) is 1. The van der Waals surface area contributed by atoms with Crippen molar-refractivity contribution in [2.75, 3.05) is 11.4 Å². The van der Waals surface area contributed by atoms with E-state index in [2.05, 4.69) is 59.6 Å². The zero-order valence-corrected chi connectivity index (χ0v) is 17.4. The van der Waals surface area contributed by atoms with E-state index in [9.17, 15) is 4.79 Å². The Morgan fingerprint density at radius 3 is 2.63 bits per heavy atom. The first-order chi connectivity index (χ1) is 14.7. The Labute approximate surface area is 177 Å². The van der Waals surface area contributed by atoms with Gasteiger partial charge >= 0.3 is 0 Å². The molecule has 1 N–H and O–H groups in total. The molecule has 0 radical (unpaired) electrons. The Kier molecular flexibility index (Phi) is 6.38. The summed E-state index contributed by atoms with van der Waals surface area (Å²) in [4.78, 5) is 24.4. The van der Waals surface area contributed by atoms with Crippen LogP contribution in [0.25, 0.3) is 10.9 Å². The third-order valence-corrected chi connectivity index (χ3v) is 5.59. The number of hydrogen-bond acceptors (Lipinski definition) is 4. The number of amides is 1. The Bertz CT molecular complexity index is 1030. The maximum absolute atomic E-state index is 12.5. The fourth-order valence-corrected chi connectivity index (χ4v) is 3.91. The van der Waals surface area contributed by atoms with Crippen LogP contribution in [0.4, 0.5) is 5.82 Å². The normalized spacial score (nSPS) is 15.8. The predicted octanol–water partition coefficient (Wildman–Crippen LogP) is 4.63. The van der Waals surface area contributed by atoms with Crippen LogP contribution in [0, 0.1) is 5.92 Å². The van der Waals surface area contributed by atoms with E-state index >= 15 is 0 Å². The fourth-order valence-electron chi connectivity index (χ4n) is 3.91. The highest BCUT2D eigenvalue weighted by molar-refractivity contribution is 5.89. The molecule has 5 nitrogen and oxygen atoms in total. The second-order valence-electron chi connectivity index (χ2n) is 7.68. The van der Waals surface area contributed by atoms with Gasteiger partial charge in [-0.05, 0) is 43.9 Å². The van der Waals surface area contributed by atoms with Gasteiger partial charge in [0.25, 0.3) is 0 Å². The Morgan fingerprint density at radius 2 is 1.87 bits per heavy atom. The monoisotopic (exact) mass is 400 g/mol. The molecule has 1 unspecified atom stereocenters. The first-order valence-corrected chi connectivity index (χ1v) is 10.7. The van der Waals surface area contributed by atoms with Gasteiger partial charge in [-0.2, -0.15) is 0 Å². The van der Waals surface area contributed by atoms with Gasteiger partial charge in [0.1, 0.15) is 5.82 Å². The van der Waals surface area contributed by atoms with Gasteiger partial charge in [0.05, 0.1) is 12.1 Å². The number of aromatic nitrogens is 2. The summed E-state index contributed by atoms with van der Waals surface area (Å²) in [6, 6.07) is 18.5. The second kappa shape index (κ2) is 9.53. The molecule has 0 fully saturated rings. The van der Waals surface area contributed by atoms with Crippen molar-refractivity contribution < 1.29 is 4.79 Å². The Hall–Kier alpha value is -3.21. The molecule has 0 aliphatic heterocycles. The summed E-state index contributed by atoms with van der Waals surface area (Å²) in [7, 11) is 0. The number of allylic oxidation sites excluding steroid dienone is 2. The molecule has 1 aliphatic carbocycles. The number of anilines is 1. The average molecular weight is 401 g/mol. The van der Waals surface area contributed by atoms with Crippen molar-refractivity contribution in [3.63, 3.8) is 0 Å². The maximum atomic E-state index is 12.5. The minimum atomic E-state index is 0.0557. The van der Waals surface area contributed by atoms with Crippen molar-refractivity contribution in [3.05, 3.63) is 78.1 Å². The summed E-state index contributed by atoms with van der Waals surface area (Å²) in [6.45, 7) is 4.09. The molecule has 30 heavy (non-hydrogen) atoms. The molecule has 1 aliphatic rings. The summed E-state index contributed by atoms with van der Waals surface area (Å²) in [5.74, 6) is 1.71. The molecule has 3 aromatic rings. The van der Waals surface area contributed by atoms with E-state index in [1.54, 1.807) is 0 Å². The van der Waals surface area contributed by atoms with E-state index in [4.69, 9.17) is 9.97 Å². The number of benzene rings is 2. The van der Waals surface area contributed by atoms with E-state index in [1.165, 1.54) is 5.56 Å². The molecular weight excluding hydrogens is 372 g/mol. The summed E-state index contributed by atoms with van der Waals surface area (Å²) >= 11 is 0. The van der Waals surface area contributed by atoms with Gasteiger partial charge in [0, 0.05) is 24.4 Å². The lowest BCUT2D eigenvalue weighted by atomic mass is 9.94. The SMILES string of the molecule is CCN(Cc1ccccc1)c1nc(CNC(=O)C2CC=CCC2)nc2ccccc12. The zero-order valence-electron chi connectivity index (χ0n) is 17.4. The van der Waals surface area contributed by atoms with Crippen molar-refractivity contribution in [1.82, 2.24) is 15.3 Å². The molecule has 0 saturated heterocycles. The van der Waals surface area contributed by atoms with Crippen molar-refractivity contribution in [1.29, 1.82) is 0 Å². The molecule has 5 heteroatoms. The number of carbonyl (C=O) groups excluding carboxylic acids is 1. The van der Waals surface area contributed by atoms with Gasteiger partial charge in [0.2, 0.25) is 5.91 Å². The van der Waals surface area contributed by atoms with Crippen LogP contribution in [0.2, 0.25) is 0 Å². The number of nitrogens with zero attached hydrogens (tertiary/aromatic N) is 3. The highest BCUT2D eigenvalue weighted by Gasteiger charge is 2.19. The Balaban J connectivity index is 1.58. The molecule has 154 valence electrons. The minimum absolute atomic E-state index is 0.0557. The molecule has 1 heterocycles. The minimum Gasteiger partial charge on any atom is -0.352 e. The summed E-state index contributed by atoms with van der Waals surface area (Å²) in [6.07, 6.45) is 6.94. The van der Waals surface area contributed by atoms with Crippen LogP contribution in [-0.4, -0.2) is 22.4 Å². The Morgan fingerprint density at radius 1 is 1.07 bits per heavy atom. The van der Waals surface area contributed by atoms with Crippen molar-refractivity contribution in [3.8, 4) is 0 Å². The molecule has 4 rings (SSSR count). The van der Waals surface area contributed by atoms with Gasteiger partial charge in [-0.1, -0.05) is 54.6 Å². The molecule has 1 amide bonds. The molecule has 0 spiro atoms. The zero-order chi connectivity index (χ0) is 20.8. The van der Waals surface area contributed by atoms with Gasteiger partial charge in [-0.25, -0.2) is 9.97 Å². The van der Waals surface area contributed by atoms with Gasteiger partial charge in [-0.15, -0.1) is 0 Å². The third-order valence-electron chi connectivity index (χ3n) is 5.59. The molecule has 2 aromatic carbocycles. The number of carbonyl (C=O) groups is 1. The molecular formula is C25H28N4O. The van der Waals surface area contributed by atoms with Crippen molar-refractivity contribution >= 4 is 22.6 Å². The first-order valence-electron chi connectivity index (χ1n) is 10.7. The number of fused-ring (bicyclic) bond motifs is 1. The largest absolute Gasteiger partial charge is 0.352 e. The van der Waals surface area contributed by atoms with Crippen LogP contribution >= 0.6 is 0 Å². The van der Waals surface area contributed by atoms with Crippen LogP contribution in [0.1, 0.15) is 37.6 Å². The highest BCUT2D eigenvalue weighted by atomic mass is 16.1. The predicted molar refractivity (Wildman–Crippen MR) is 121 cm³/mol. The standard InChI is InChI=1S/C25H28N4O/c1-2-29(18-19-11-5-3-6-12-19)24-21-15-9-10-16-22(21)27-23(28-24)17-26-25(30)20-13-7-4-8-14-20/h3-7,9-12,15-16,20H,2,8,13-14,17-18H2,1H3,(H,26,30).